The first kappa shape index (κ1) is 15.0. The fourth-order valence-electron chi connectivity index (χ4n) is 2.49. The van der Waals surface area contributed by atoms with Crippen LogP contribution in [0.1, 0.15) is 26.2 Å². The zero-order chi connectivity index (χ0) is 14.5. The van der Waals surface area contributed by atoms with Gasteiger partial charge in [-0.1, -0.05) is 18.5 Å². The Balaban J connectivity index is 2.17. The molecule has 1 atom stereocenters. The van der Waals surface area contributed by atoms with Gasteiger partial charge in [-0.05, 0) is 25.8 Å². The monoisotopic (exact) mass is 298 g/mol. The van der Waals surface area contributed by atoms with Gasteiger partial charge in [0.2, 0.25) is 0 Å². The number of nitro groups is 1. The van der Waals surface area contributed by atoms with Crippen molar-refractivity contribution in [3.05, 3.63) is 27.4 Å². The van der Waals surface area contributed by atoms with Crippen molar-refractivity contribution in [1.29, 1.82) is 0 Å². The maximum Gasteiger partial charge on any atom is 0.289 e. The lowest BCUT2D eigenvalue weighted by atomic mass is 10.2. The summed E-state index contributed by atoms with van der Waals surface area (Å²) < 4.78 is 0. The van der Waals surface area contributed by atoms with Crippen LogP contribution in [0.15, 0.2) is 12.3 Å². The van der Waals surface area contributed by atoms with Gasteiger partial charge in [0.25, 0.3) is 5.69 Å². The molecule has 0 amide bonds. The molecule has 2 heterocycles. The van der Waals surface area contributed by atoms with E-state index in [1.165, 1.54) is 18.7 Å². The van der Waals surface area contributed by atoms with E-state index in [-0.39, 0.29) is 5.69 Å². The smallest absolute Gasteiger partial charge is 0.289 e. The molecular weight excluding hydrogens is 280 g/mol. The second-order valence-electron chi connectivity index (χ2n) is 5.00. The lowest BCUT2D eigenvalue weighted by molar-refractivity contribution is -0.385. The largest absolute Gasteiger partial charge is 0.354 e. The number of pyridine rings is 1. The third-order valence-corrected chi connectivity index (χ3v) is 3.69. The van der Waals surface area contributed by atoms with Crippen LogP contribution >= 0.6 is 11.6 Å². The van der Waals surface area contributed by atoms with Gasteiger partial charge in [0.1, 0.15) is 12.0 Å². The van der Waals surface area contributed by atoms with Gasteiger partial charge in [0.15, 0.2) is 0 Å². The van der Waals surface area contributed by atoms with Crippen LogP contribution in [0, 0.1) is 10.1 Å². The van der Waals surface area contributed by atoms with E-state index < -0.39 is 4.92 Å². The average molecular weight is 299 g/mol. The van der Waals surface area contributed by atoms with E-state index in [1.54, 1.807) is 0 Å². The molecule has 1 aromatic rings. The minimum absolute atomic E-state index is 0.0748. The molecular formula is C13H19ClN4O2. The molecule has 0 aromatic carbocycles. The third kappa shape index (κ3) is 3.58. The fourth-order valence-corrected chi connectivity index (χ4v) is 2.77. The van der Waals surface area contributed by atoms with Crippen molar-refractivity contribution < 1.29 is 4.92 Å². The molecule has 6 nitrogen and oxygen atoms in total. The molecule has 0 aliphatic carbocycles. The zero-order valence-corrected chi connectivity index (χ0v) is 12.3. The quantitative estimate of drug-likeness (QED) is 0.645. The number of nitrogens with zero attached hydrogens (tertiary/aromatic N) is 3. The van der Waals surface area contributed by atoms with Gasteiger partial charge >= 0.3 is 0 Å². The van der Waals surface area contributed by atoms with E-state index in [0.717, 1.165) is 32.5 Å². The molecule has 1 unspecified atom stereocenters. The van der Waals surface area contributed by atoms with E-state index in [4.69, 9.17) is 11.6 Å². The van der Waals surface area contributed by atoms with Crippen LogP contribution in [0.25, 0.3) is 0 Å². The number of rotatable bonds is 6. The van der Waals surface area contributed by atoms with Gasteiger partial charge in [-0.25, -0.2) is 4.98 Å². The van der Waals surface area contributed by atoms with E-state index >= 15 is 0 Å². The summed E-state index contributed by atoms with van der Waals surface area (Å²) in [6.45, 7) is 4.81. The minimum atomic E-state index is -0.481. The van der Waals surface area contributed by atoms with Crippen molar-refractivity contribution in [2.75, 3.05) is 24.5 Å². The highest BCUT2D eigenvalue weighted by Gasteiger charge is 2.21. The molecule has 1 aliphatic rings. The summed E-state index contributed by atoms with van der Waals surface area (Å²) in [7, 11) is 0. The summed E-state index contributed by atoms with van der Waals surface area (Å²) in [4.78, 5) is 16.5. The van der Waals surface area contributed by atoms with Gasteiger partial charge in [-0.2, -0.15) is 0 Å². The molecule has 0 radical (unpaired) electrons. The first-order chi connectivity index (χ1) is 9.61. The molecule has 7 heteroatoms. The van der Waals surface area contributed by atoms with Crippen molar-refractivity contribution >= 4 is 23.1 Å². The Kier molecular flexibility index (Phi) is 5.14. The fraction of sp³-hybridized carbons (Fsp3) is 0.615. The molecule has 0 bridgehead atoms. The van der Waals surface area contributed by atoms with Crippen LogP contribution in [-0.2, 0) is 0 Å². The van der Waals surface area contributed by atoms with Crippen LogP contribution in [0.5, 0.6) is 0 Å². The SMILES string of the molecule is CCCN(CC1CCCN1)c1ncc([N+](=O)[O-])cc1Cl. The Morgan fingerprint density at radius 3 is 3.00 bits per heavy atom. The maximum atomic E-state index is 10.7. The molecule has 1 saturated heterocycles. The molecule has 0 spiro atoms. The molecule has 1 fully saturated rings. The van der Waals surface area contributed by atoms with Gasteiger partial charge in [0.05, 0.1) is 9.95 Å². The summed E-state index contributed by atoms with van der Waals surface area (Å²) in [5, 5.41) is 14.5. The van der Waals surface area contributed by atoms with E-state index in [0.29, 0.717) is 16.9 Å². The Labute approximate surface area is 123 Å². The van der Waals surface area contributed by atoms with Crippen LogP contribution in [0.3, 0.4) is 0 Å². The molecule has 110 valence electrons. The van der Waals surface area contributed by atoms with Gasteiger partial charge < -0.3 is 10.2 Å². The third-order valence-electron chi connectivity index (χ3n) is 3.41. The van der Waals surface area contributed by atoms with Crippen LogP contribution in [0.2, 0.25) is 5.02 Å². The molecule has 20 heavy (non-hydrogen) atoms. The predicted molar refractivity (Wildman–Crippen MR) is 79.4 cm³/mol. The number of hydrogen-bond donors (Lipinski definition) is 1. The van der Waals surface area contributed by atoms with Crippen LogP contribution < -0.4 is 10.2 Å². The van der Waals surface area contributed by atoms with Crippen molar-refractivity contribution in [2.24, 2.45) is 0 Å². The average Bonchev–Trinajstić information content (AvgIpc) is 2.91. The topological polar surface area (TPSA) is 71.3 Å². The highest BCUT2D eigenvalue weighted by atomic mass is 35.5. The molecule has 2 rings (SSSR count). The van der Waals surface area contributed by atoms with Crippen LogP contribution in [-0.4, -0.2) is 35.6 Å². The summed E-state index contributed by atoms with van der Waals surface area (Å²) in [6, 6.07) is 1.81. The standard InChI is InChI=1S/C13H19ClN4O2/c1-2-6-17(9-10-4-3-5-15-10)13-12(14)7-11(8-16-13)18(19)20/h7-8,10,15H,2-6,9H2,1H3. The molecule has 1 aromatic heterocycles. The van der Waals surface area contributed by atoms with Crippen molar-refractivity contribution in [3.63, 3.8) is 0 Å². The number of anilines is 1. The second-order valence-corrected chi connectivity index (χ2v) is 5.40. The number of halogens is 1. The van der Waals surface area contributed by atoms with Crippen molar-refractivity contribution in [1.82, 2.24) is 10.3 Å². The summed E-state index contributed by atoms with van der Waals surface area (Å²) >= 11 is 6.16. The lowest BCUT2D eigenvalue weighted by Crippen LogP contribution is -2.38. The predicted octanol–water partition coefficient (Wildman–Crippen LogP) is 2.61. The second kappa shape index (κ2) is 6.85. The first-order valence-corrected chi connectivity index (χ1v) is 7.28. The number of aromatic nitrogens is 1. The Morgan fingerprint density at radius 1 is 1.65 bits per heavy atom. The molecule has 1 N–H and O–H groups in total. The Bertz CT molecular complexity index is 477. The van der Waals surface area contributed by atoms with Crippen molar-refractivity contribution in [2.45, 2.75) is 32.2 Å². The van der Waals surface area contributed by atoms with Crippen molar-refractivity contribution in [3.8, 4) is 0 Å². The zero-order valence-electron chi connectivity index (χ0n) is 11.5. The van der Waals surface area contributed by atoms with Gasteiger partial charge in [-0.3, -0.25) is 10.1 Å². The maximum absolute atomic E-state index is 10.7. The van der Waals surface area contributed by atoms with Gasteiger partial charge in [0, 0.05) is 25.2 Å². The number of nitrogens with one attached hydrogen (secondary N) is 1. The number of hydrogen-bond acceptors (Lipinski definition) is 5. The summed E-state index contributed by atoms with van der Waals surface area (Å²) in [6.07, 6.45) is 4.57. The summed E-state index contributed by atoms with van der Waals surface area (Å²) in [5.74, 6) is 0.632. The minimum Gasteiger partial charge on any atom is -0.354 e. The molecule has 0 saturated carbocycles. The highest BCUT2D eigenvalue weighted by Crippen LogP contribution is 2.27. The highest BCUT2D eigenvalue weighted by molar-refractivity contribution is 6.33. The normalized spacial score (nSPS) is 18.2. The first-order valence-electron chi connectivity index (χ1n) is 6.90. The van der Waals surface area contributed by atoms with E-state index in [2.05, 4.69) is 22.1 Å². The van der Waals surface area contributed by atoms with E-state index in [1.807, 2.05) is 0 Å². The van der Waals surface area contributed by atoms with Gasteiger partial charge in [-0.15, -0.1) is 0 Å². The molecule has 1 aliphatic heterocycles. The summed E-state index contributed by atoms with van der Waals surface area (Å²) in [5.41, 5.74) is -0.0748. The Hall–Kier alpha value is -1.40. The lowest BCUT2D eigenvalue weighted by Gasteiger charge is -2.27. The van der Waals surface area contributed by atoms with E-state index in [9.17, 15) is 10.1 Å². The Morgan fingerprint density at radius 2 is 2.45 bits per heavy atom. The van der Waals surface area contributed by atoms with Crippen LogP contribution in [0.4, 0.5) is 11.5 Å².